The van der Waals surface area contributed by atoms with Crippen LogP contribution in [0.4, 0.5) is 10.3 Å². The first-order chi connectivity index (χ1) is 13.5. The van der Waals surface area contributed by atoms with Crippen molar-refractivity contribution in [1.82, 2.24) is 0 Å². The fourth-order valence-corrected chi connectivity index (χ4v) is 4.51. The van der Waals surface area contributed by atoms with Gasteiger partial charge in [-0.15, -0.1) is 0 Å². The number of hydrogen-bond donors (Lipinski definition) is 1. The van der Waals surface area contributed by atoms with E-state index in [-0.39, 0.29) is 23.5 Å². The van der Waals surface area contributed by atoms with E-state index >= 15 is 0 Å². The Labute approximate surface area is 175 Å². The summed E-state index contributed by atoms with van der Waals surface area (Å²) in [4.78, 5) is 25.1. The zero-order valence-electron chi connectivity index (χ0n) is 15.3. The van der Waals surface area contributed by atoms with Gasteiger partial charge < -0.3 is 9.73 Å². The summed E-state index contributed by atoms with van der Waals surface area (Å²) in [6.45, 7) is 1.46. The van der Waals surface area contributed by atoms with Gasteiger partial charge in [0.2, 0.25) is 5.88 Å². The predicted molar refractivity (Wildman–Crippen MR) is 115 cm³/mol. The molecule has 3 aromatic rings. The van der Waals surface area contributed by atoms with Crippen molar-refractivity contribution in [3.05, 3.63) is 73.4 Å². The Morgan fingerprint density at radius 1 is 1.25 bits per heavy atom. The molecule has 144 valence electrons. The van der Waals surface area contributed by atoms with Crippen LogP contribution in [0, 0.1) is 15.3 Å². The molecule has 28 heavy (non-hydrogen) atoms. The Kier molecular flexibility index (Phi) is 5.23. The Balaban J connectivity index is 1.86. The second kappa shape index (κ2) is 7.66. The number of ketones is 1. The molecule has 1 saturated carbocycles. The molecule has 0 spiro atoms. The van der Waals surface area contributed by atoms with Crippen molar-refractivity contribution >= 4 is 45.0 Å². The lowest BCUT2D eigenvalue weighted by Crippen LogP contribution is -2.27. The van der Waals surface area contributed by atoms with Gasteiger partial charge in [0.15, 0.2) is 5.78 Å². The number of rotatable bonds is 5. The van der Waals surface area contributed by atoms with Gasteiger partial charge in [0.25, 0.3) is 0 Å². The van der Waals surface area contributed by atoms with E-state index < -0.39 is 5.63 Å². The minimum absolute atomic E-state index is 0.160. The zero-order chi connectivity index (χ0) is 19.8. The third kappa shape index (κ3) is 3.45. The van der Waals surface area contributed by atoms with E-state index in [9.17, 15) is 14.0 Å². The quantitative estimate of drug-likeness (QED) is 0.368. The fourth-order valence-electron chi connectivity index (χ4n) is 3.80. The minimum atomic E-state index is -0.487. The van der Waals surface area contributed by atoms with Crippen molar-refractivity contribution in [2.24, 2.45) is 5.92 Å². The van der Waals surface area contributed by atoms with Crippen molar-refractivity contribution in [1.29, 1.82) is 0 Å². The van der Waals surface area contributed by atoms with E-state index in [1.54, 1.807) is 18.2 Å². The standard InChI is InChI=1S/C22H19FINO3/c1-12(26)18-16-9-4-10-17(24)19(16)22(27)28-21(18)25-20(13-5-2-6-13)14-7-3-8-15(23)11-14/h3-4,7-11,13,20,25H,2,5-6H2,1H3/t20-/m0/s1. The van der Waals surface area contributed by atoms with Gasteiger partial charge in [-0.25, -0.2) is 9.18 Å². The van der Waals surface area contributed by atoms with Gasteiger partial charge in [0.1, 0.15) is 5.82 Å². The molecule has 1 atom stereocenters. The Bertz CT molecular complexity index is 1120. The molecule has 0 radical (unpaired) electrons. The Hall–Kier alpha value is -2.22. The molecule has 1 aromatic heterocycles. The summed E-state index contributed by atoms with van der Waals surface area (Å²) in [6.07, 6.45) is 3.11. The molecule has 1 aliphatic rings. The van der Waals surface area contributed by atoms with Gasteiger partial charge in [-0.1, -0.05) is 30.7 Å². The van der Waals surface area contributed by atoms with Gasteiger partial charge in [0, 0.05) is 8.96 Å². The molecule has 4 rings (SSSR count). The van der Waals surface area contributed by atoms with Crippen LogP contribution in [0.25, 0.3) is 10.8 Å². The summed E-state index contributed by atoms with van der Waals surface area (Å²) in [5.41, 5.74) is 0.650. The van der Waals surface area contributed by atoms with E-state index in [4.69, 9.17) is 4.42 Å². The highest BCUT2D eigenvalue weighted by Gasteiger charge is 2.31. The molecule has 6 heteroatoms. The summed E-state index contributed by atoms with van der Waals surface area (Å²) >= 11 is 2.07. The average molecular weight is 491 g/mol. The molecule has 0 saturated heterocycles. The molecular formula is C22H19FINO3. The van der Waals surface area contributed by atoms with E-state index in [0.717, 1.165) is 28.4 Å². The maximum Gasteiger partial charge on any atom is 0.346 e. The van der Waals surface area contributed by atoms with Crippen LogP contribution in [0.3, 0.4) is 0 Å². The number of fused-ring (bicyclic) bond motifs is 1. The van der Waals surface area contributed by atoms with Gasteiger partial charge in [0.05, 0.1) is 17.0 Å². The summed E-state index contributed by atoms with van der Waals surface area (Å²) in [7, 11) is 0. The van der Waals surface area contributed by atoms with Crippen LogP contribution in [0.15, 0.2) is 51.7 Å². The lowest BCUT2D eigenvalue weighted by molar-refractivity contribution is 0.101. The molecule has 1 fully saturated rings. The predicted octanol–water partition coefficient (Wildman–Crippen LogP) is 5.69. The van der Waals surface area contributed by atoms with E-state index in [1.165, 1.54) is 19.1 Å². The van der Waals surface area contributed by atoms with Crippen molar-refractivity contribution in [3.63, 3.8) is 0 Å². The molecule has 1 N–H and O–H groups in total. The molecule has 0 bridgehead atoms. The third-order valence-electron chi connectivity index (χ3n) is 5.38. The van der Waals surface area contributed by atoms with Crippen molar-refractivity contribution in [3.8, 4) is 0 Å². The van der Waals surface area contributed by atoms with Gasteiger partial charge >= 0.3 is 5.63 Å². The number of carbonyl (C=O) groups is 1. The van der Waals surface area contributed by atoms with Crippen LogP contribution in [-0.2, 0) is 0 Å². The maximum atomic E-state index is 13.8. The van der Waals surface area contributed by atoms with Gasteiger partial charge in [-0.3, -0.25) is 4.79 Å². The van der Waals surface area contributed by atoms with Crippen LogP contribution >= 0.6 is 22.6 Å². The molecular weight excluding hydrogens is 472 g/mol. The number of nitrogens with one attached hydrogen (secondary N) is 1. The Morgan fingerprint density at radius 2 is 2.00 bits per heavy atom. The number of benzene rings is 2. The molecule has 2 aromatic carbocycles. The number of Topliss-reactive ketones (excluding diaryl/α,β-unsaturated/α-hetero) is 1. The fraction of sp³-hybridized carbons (Fsp3) is 0.273. The lowest BCUT2D eigenvalue weighted by atomic mass is 9.77. The first kappa shape index (κ1) is 19.1. The molecule has 4 nitrogen and oxygen atoms in total. The highest BCUT2D eigenvalue weighted by Crippen LogP contribution is 2.41. The number of hydrogen-bond acceptors (Lipinski definition) is 4. The topological polar surface area (TPSA) is 59.3 Å². The highest BCUT2D eigenvalue weighted by molar-refractivity contribution is 14.1. The van der Waals surface area contributed by atoms with Crippen LogP contribution < -0.4 is 10.9 Å². The SMILES string of the molecule is CC(=O)c1c(N[C@H](c2cccc(F)c2)C2CCC2)oc(=O)c2c(I)cccc12. The molecule has 0 amide bonds. The van der Waals surface area contributed by atoms with Gasteiger partial charge in [-0.05, 0) is 72.0 Å². The summed E-state index contributed by atoms with van der Waals surface area (Å²) in [5, 5.41) is 4.25. The van der Waals surface area contributed by atoms with Crippen LogP contribution in [-0.4, -0.2) is 5.78 Å². The monoisotopic (exact) mass is 491 g/mol. The third-order valence-corrected chi connectivity index (χ3v) is 6.28. The second-order valence-electron chi connectivity index (χ2n) is 7.18. The van der Waals surface area contributed by atoms with Gasteiger partial charge in [-0.2, -0.15) is 0 Å². The molecule has 1 aliphatic carbocycles. The lowest BCUT2D eigenvalue weighted by Gasteiger charge is -2.35. The van der Waals surface area contributed by atoms with E-state index in [0.29, 0.717) is 22.3 Å². The van der Waals surface area contributed by atoms with Crippen LogP contribution in [0.1, 0.15) is 48.1 Å². The summed E-state index contributed by atoms with van der Waals surface area (Å²) in [6, 6.07) is 11.6. The largest absolute Gasteiger partial charge is 0.405 e. The number of halogens is 2. The molecule has 1 heterocycles. The molecule has 0 unspecified atom stereocenters. The number of carbonyl (C=O) groups excluding carboxylic acids is 1. The smallest absolute Gasteiger partial charge is 0.346 e. The summed E-state index contributed by atoms with van der Waals surface area (Å²) in [5.74, 6) is -0.0542. The first-order valence-corrected chi connectivity index (χ1v) is 10.3. The summed E-state index contributed by atoms with van der Waals surface area (Å²) < 4.78 is 20.1. The van der Waals surface area contributed by atoms with E-state index in [1.807, 2.05) is 12.1 Å². The van der Waals surface area contributed by atoms with Crippen molar-refractivity contribution < 1.29 is 13.6 Å². The van der Waals surface area contributed by atoms with Crippen molar-refractivity contribution in [2.45, 2.75) is 32.2 Å². The zero-order valence-corrected chi connectivity index (χ0v) is 17.5. The Morgan fingerprint density at radius 3 is 2.64 bits per heavy atom. The van der Waals surface area contributed by atoms with Crippen molar-refractivity contribution in [2.75, 3.05) is 5.32 Å². The average Bonchev–Trinajstić information content (AvgIpc) is 2.59. The second-order valence-corrected chi connectivity index (χ2v) is 8.34. The van der Waals surface area contributed by atoms with Crippen LogP contribution in [0.2, 0.25) is 0 Å². The maximum absolute atomic E-state index is 13.8. The normalized spacial score (nSPS) is 15.2. The highest BCUT2D eigenvalue weighted by atomic mass is 127. The molecule has 0 aliphatic heterocycles. The van der Waals surface area contributed by atoms with E-state index in [2.05, 4.69) is 27.9 Å². The number of anilines is 1. The minimum Gasteiger partial charge on any atom is -0.405 e. The first-order valence-electron chi connectivity index (χ1n) is 9.24. The van der Waals surface area contributed by atoms with Crippen LogP contribution in [0.5, 0.6) is 0 Å².